The monoisotopic (exact) mass is 336 g/mol. The number of nitrogens with zero attached hydrogens (tertiary/aromatic N) is 1. The van der Waals surface area contributed by atoms with Gasteiger partial charge in [0.2, 0.25) is 0 Å². The smallest absolute Gasteiger partial charge is 0.115 e. The van der Waals surface area contributed by atoms with Crippen molar-refractivity contribution in [1.82, 2.24) is 4.90 Å². The standard InChI is InChI=1S/C22H28N2O/c1-24-13-12-22(17-6-5-9-21(25)14-17)15-20(11-10-18(22)16-24)23-19-7-3-2-4-8-19/h2-9,14,18,20,23,25H,10-13,15-16H2,1H3. The van der Waals surface area contributed by atoms with Gasteiger partial charge in [0.05, 0.1) is 0 Å². The lowest BCUT2D eigenvalue weighted by Gasteiger charge is -2.52. The van der Waals surface area contributed by atoms with E-state index >= 15 is 0 Å². The zero-order chi connectivity index (χ0) is 17.3. The third-order valence-electron chi connectivity index (χ3n) is 6.29. The number of piperidine rings is 1. The summed E-state index contributed by atoms with van der Waals surface area (Å²) in [5.41, 5.74) is 2.71. The highest BCUT2D eigenvalue weighted by Crippen LogP contribution is 2.49. The first-order valence-corrected chi connectivity index (χ1v) is 9.45. The summed E-state index contributed by atoms with van der Waals surface area (Å²) in [4.78, 5) is 2.47. The van der Waals surface area contributed by atoms with Gasteiger partial charge in [0.25, 0.3) is 0 Å². The molecule has 1 aliphatic carbocycles. The molecule has 1 saturated heterocycles. The summed E-state index contributed by atoms with van der Waals surface area (Å²) in [6, 6.07) is 19.1. The topological polar surface area (TPSA) is 35.5 Å². The maximum absolute atomic E-state index is 10.1. The van der Waals surface area contributed by atoms with Crippen LogP contribution in [0.2, 0.25) is 0 Å². The molecule has 3 atom stereocenters. The molecule has 3 heteroatoms. The van der Waals surface area contributed by atoms with E-state index in [1.54, 1.807) is 6.07 Å². The maximum Gasteiger partial charge on any atom is 0.115 e. The fourth-order valence-electron chi connectivity index (χ4n) is 5.02. The number of phenols is 1. The van der Waals surface area contributed by atoms with Gasteiger partial charge in [-0.25, -0.2) is 0 Å². The molecule has 2 aliphatic rings. The van der Waals surface area contributed by atoms with Crippen LogP contribution in [0.1, 0.15) is 31.2 Å². The number of fused-ring (bicyclic) bond motifs is 1. The van der Waals surface area contributed by atoms with E-state index < -0.39 is 0 Å². The summed E-state index contributed by atoms with van der Waals surface area (Å²) in [5.74, 6) is 1.06. The number of para-hydroxylation sites is 1. The highest BCUT2D eigenvalue weighted by atomic mass is 16.3. The van der Waals surface area contributed by atoms with Gasteiger partial charge >= 0.3 is 0 Å². The van der Waals surface area contributed by atoms with E-state index in [0.29, 0.717) is 17.7 Å². The molecule has 25 heavy (non-hydrogen) atoms. The Hall–Kier alpha value is -2.00. The van der Waals surface area contributed by atoms with Crippen LogP contribution >= 0.6 is 0 Å². The normalized spacial score (nSPS) is 29.8. The average Bonchev–Trinajstić information content (AvgIpc) is 2.63. The van der Waals surface area contributed by atoms with Crippen molar-refractivity contribution in [2.75, 3.05) is 25.5 Å². The second kappa shape index (κ2) is 6.72. The van der Waals surface area contributed by atoms with Crippen molar-refractivity contribution in [3.63, 3.8) is 0 Å². The first-order valence-electron chi connectivity index (χ1n) is 9.45. The van der Waals surface area contributed by atoms with Crippen LogP contribution in [0.4, 0.5) is 5.69 Å². The Morgan fingerprint density at radius 3 is 2.72 bits per heavy atom. The zero-order valence-electron chi connectivity index (χ0n) is 15.0. The van der Waals surface area contributed by atoms with Crippen molar-refractivity contribution >= 4 is 5.69 Å². The largest absolute Gasteiger partial charge is 0.508 e. The van der Waals surface area contributed by atoms with E-state index in [1.807, 2.05) is 12.1 Å². The first kappa shape index (κ1) is 16.5. The van der Waals surface area contributed by atoms with Crippen LogP contribution in [0.15, 0.2) is 54.6 Å². The SMILES string of the molecule is CN1CCC2(c3cccc(O)c3)CC(Nc3ccccc3)CCC2C1. The molecule has 3 nitrogen and oxygen atoms in total. The van der Waals surface area contributed by atoms with Crippen molar-refractivity contribution in [3.8, 4) is 5.75 Å². The van der Waals surface area contributed by atoms with Gasteiger partial charge in [-0.2, -0.15) is 0 Å². The Morgan fingerprint density at radius 1 is 1.08 bits per heavy atom. The highest BCUT2D eigenvalue weighted by Gasteiger charge is 2.47. The lowest BCUT2D eigenvalue weighted by Crippen LogP contribution is -2.53. The molecule has 2 aromatic rings. The number of hydrogen-bond donors (Lipinski definition) is 2. The lowest BCUT2D eigenvalue weighted by molar-refractivity contribution is 0.0657. The summed E-state index contributed by atoms with van der Waals surface area (Å²) >= 11 is 0. The lowest BCUT2D eigenvalue weighted by atomic mass is 9.58. The minimum absolute atomic E-state index is 0.177. The number of nitrogens with one attached hydrogen (secondary N) is 1. The highest BCUT2D eigenvalue weighted by molar-refractivity contribution is 5.44. The Bertz CT molecular complexity index is 717. The second-order valence-electron chi connectivity index (χ2n) is 7.90. The van der Waals surface area contributed by atoms with Crippen molar-refractivity contribution in [2.24, 2.45) is 5.92 Å². The number of aromatic hydroxyl groups is 1. The van der Waals surface area contributed by atoms with Gasteiger partial charge < -0.3 is 15.3 Å². The molecule has 0 bridgehead atoms. The third kappa shape index (κ3) is 3.25. The molecule has 3 unspecified atom stereocenters. The molecule has 1 saturated carbocycles. The Balaban J connectivity index is 1.63. The van der Waals surface area contributed by atoms with E-state index in [2.05, 4.69) is 53.7 Å². The number of rotatable bonds is 3. The van der Waals surface area contributed by atoms with E-state index in [-0.39, 0.29) is 5.41 Å². The molecule has 2 aromatic carbocycles. The molecule has 1 heterocycles. The Labute approximate surface area is 150 Å². The van der Waals surface area contributed by atoms with Crippen molar-refractivity contribution in [2.45, 2.75) is 37.1 Å². The molecular formula is C22H28N2O. The Kier molecular flexibility index (Phi) is 4.43. The number of anilines is 1. The van der Waals surface area contributed by atoms with Gasteiger partial charge in [0.1, 0.15) is 5.75 Å². The van der Waals surface area contributed by atoms with Crippen LogP contribution in [-0.2, 0) is 5.41 Å². The fraction of sp³-hybridized carbons (Fsp3) is 0.455. The van der Waals surface area contributed by atoms with E-state index in [9.17, 15) is 5.11 Å². The summed E-state index contributed by atoms with van der Waals surface area (Å²) in [6.07, 6.45) is 4.77. The van der Waals surface area contributed by atoms with Crippen molar-refractivity contribution in [1.29, 1.82) is 0 Å². The van der Waals surface area contributed by atoms with Crippen molar-refractivity contribution in [3.05, 3.63) is 60.2 Å². The number of phenolic OH excluding ortho intramolecular Hbond substituents is 1. The average molecular weight is 336 g/mol. The molecule has 2 fully saturated rings. The van der Waals surface area contributed by atoms with E-state index in [1.165, 1.54) is 30.5 Å². The molecular weight excluding hydrogens is 308 g/mol. The van der Waals surface area contributed by atoms with Crippen LogP contribution in [0, 0.1) is 5.92 Å². The molecule has 2 N–H and O–H groups in total. The third-order valence-corrected chi connectivity index (χ3v) is 6.29. The maximum atomic E-state index is 10.1. The summed E-state index contributed by atoms with van der Waals surface area (Å²) in [7, 11) is 2.24. The molecule has 4 rings (SSSR count). The minimum Gasteiger partial charge on any atom is -0.508 e. The molecule has 0 radical (unpaired) electrons. The van der Waals surface area contributed by atoms with E-state index in [4.69, 9.17) is 0 Å². The molecule has 0 amide bonds. The van der Waals surface area contributed by atoms with Crippen LogP contribution in [0.25, 0.3) is 0 Å². The van der Waals surface area contributed by atoms with Gasteiger partial charge in [-0.15, -0.1) is 0 Å². The predicted octanol–water partition coefficient (Wildman–Crippen LogP) is 4.25. The fourth-order valence-corrected chi connectivity index (χ4v) is 5.02. The molecule has 0 aromatic heterocycles. The van der Waals surface area contributed by atoms with E-state index in [0.717, 1.165) is 19.5 Å². The van der Waals surface area contributed by atoms with Crippen LogP contribution < -0.4 is 5.32 Å². The van der Waals surface area contributed by atoms with Gasteiger partial charge in [-0.05, 0) is 75.0 Å². The van der Waals surface area contributed by atoms with Gasteiger partial charge in [0, 0.05) is 23.7 Å². The first-order chi connectivity index (χ1) is 12.2. The minimum atomic E-state index is 0.177. The molecule has 0 spiro atoms. The number of likely N-dealkylation sites (tertiary alicyclic amines) is 1. The number of benzene rings is 2. The summed E-state index contributed by atoms with van der Waals surface area (Å²) < 4.78 is 0. The van der Waals surface area contributed by atoms with Gasteiger partial charge in [-0.1, -0.05) is 30.3 Å². The summed E-state index contributed by atoms with van der Waals surface area (Å²) in [5, 5.41) is 13.8. The van der Waals surface area contributed by atoms with Gasteiger partial charge in [0.15, 0.2) is 0 Å². The summed E-state index contributed by atoms with van der Waals surface area (Å²) in [6.45, 7) is 2.29. The van der Waals surface area contributed by atoms with Crippen molar-refractivity contribution < 1.29 is 5.11 Å². The van der Waals surface area contributed by atoms with Gasteiger partial charge in [-0.3, -0.25) is 0 Å². The second-order valence-corrected chi connectivity index (χ2v) is 7.90. The Morgan fingerprint density at radius 2 is 1.92 bits per heavy atom. The van der Waals surface area contributed by atoms with Crippen LogP contribution in [0.5, 0.6) is 5.75 Å². The van der Waals surface area contributed by atoms with Crippen LogP contribution in [-0.4, -0.2) is 36.2 Å². The molecule has 1 aliphatic heterocycles. The number of hydrogen-bond acceptors (Lipinski definition) is 3. The van der Waals surface area contributed by atoms with Crippen LogP contribution in [0.3, 0.4) is 0 Å². The quantitative estimate of drug-likeness (QED) is 0.880. The zero-order valence-corrected chi connectivity index (χ0v) is 15.0. The molecule has 132 valence electrons. The predicted molar refractivity (Wildman–Crippen MR) is 103 cm³/mol.